The molecule has 4 nitrogen and oxygen atoms in total. The van der Waals surface area contributed by atoms with Gasteiger partial charge in [-0.15, -0.1) is 0 Å². The van der Waals surface area contributed by atoms with Crippen molar-refractivity contribution in [1.29, 1.82) is 0 Å². The van der Waals surface area contributed by atoms with E-state index in [-0.39, 0.29) is 0 Å². The summed E-state index contributed by atoms with van der Waals surface area (Å²) < 4.78 is 0. The summed E-state index contributed by atoms with van der Waals surface area (Å²) in [5, 5.41) is 11.2. The van der Waals surface area contributed by atoms with Crippen molar-refractivity contribution in [2.24, 2.45) is 0 Å². The number of halogens is 1. The molecule has 0 aliphatic carbocycles. The number of hydrogen-bond acceptors (Lipinski definition) is 2. The number of amides is 1. The van der Waals surface area contributed by atoms with Crippen molar-refractivity contribution in [3.8, 4) is 0 Å². The molecule has 0 bridgehead atoms. The number of carboxylic acid groups (broad SMARTS) is 1. The summed E-state index contributed by atoms with van der Waals surface area (Å²) in [5.41, 5.74) is 1.39. The lowest BCUT2D eigenvalue weighted by Gasteiger charge is -2.06. The van der Waals surface area contributed by atoms with Gasteiger partial charge in [0.05, 0.1) is 10.7 Å². The van der Waals surface area contributed by atoms with E-state index in [0.717, 1.165) is 5.56 Å². The molecular formula is C10H10ClNO3. The van der Waals surface area contributed by atoms with Crippen molar-refractivity contribution in [3.63, 3.8) is 0 Å². The zero-order valence-electron chi connectivity index (χ0n) is 8.08. The number of benzene rings is 1. The topological polar surface area (TPSA) is 66.4 Å². The van der Waals surface area contributed by atoms with Crippen LogP contribution in [0.4, 0.5) is 5.69 Å². The number of hydrogen-bond donors (Lipinski definition) is 2. The average Bonchev–Trinajstić information content (AvgIpc) is 2.08. The summed E-state index contributed by atoms with van der Waals surface area (Å²) in [4.78, 5) is 21.4. The van der Waals surface area contributed by atoms with Gasteiger partial charge in [-0.3, -0.25) is 9.59 Å². The highest BCUT2D eigenvalue weighted by Gasteiger charge is 2.09. The monoisotopic (exact) mass is 227 g/mol. The molecule has 80 valence electrons. The third kappa shape index (κ3) is 3.59. The second kappa shape index (κ2) is 4.79. The Labute approximate surface area is 91.9 Å². The first-order valence-electron chi connectivity index (χ1n) is 4.27. The van der Waals surface area contributed by atoms with Crippen LogP contribution in [0.1, 0.15) is 12.0 Å². The molecule has 0 atom stereocenters. The third-order valence-electron chi connectivity index (χ3n) is 1.71. The van der Waals surface area contributed by atoms with Crippen molar-refractivity contribution in [1.82, 2.24) is 0 Å². The third-order valence-corrected chi connectivity index (χ3v) is 2.02. The predicted molar refractivity (Wildman–Crippen MR) is 57.1 cm³/mol. The maximum absolute atomic E-state index is 11.1. The fraction of sp³-hybridized carbons (Fsp3) is 0.200. The molecular weight excluding hydrogens is 218 g/mol. The van der Waals surface area contributed by atoms with E-state index in [4.69, 9.17) is 16.7 Å². The summed E-state index contributed by atoms with van der Waals surface area (Å²) in [6, 6.07) is 5.11. The number of carboxylic acids is 1. The molecule has 0 radical (unpaired) electrons. The highest BCUT2D eigenvalue weighted by molar-refractivity contribution is 6.33. The molecule has 1 aromatic rings. The second-order valence-electron chi connectivity index (χ2n) is 3.10. The number of carbonyl (C=O) groups excluding carboxylic acids is 1. The number of aliphatic carboxylic acids is 1. The second-order valence-corrected chi connectivity index (χ2v) is 3.51. The smallest absolute Gasteiger partial charge is 0.312 e. The fourth-order valence-corrected chi connectivity index (χ4v) is 1.34. The van der Waals surface area contributed by atoms with Gasteiger partial charge in [0.1, 0.15) is 6.42 Å². The Morgan fingerprint density at radius 3 is 2.67 bits per heavy atom. The molecule has 1 rings (SSSR count). The number of anilines is 1. The van der Waals surface area contributed by atoms with Crippen LogP contribution in [0, 0.1) is 6.92 Å². The largest absolute Gasteiger partial charge is 0.481 e. The van der Waals surface area contributed by atoms with Crippen LogP contribution in [0.3, 0.4) is 0 Å². The van der Waals surface area contributed by atoms with E-state index in [0.29, 0.717) is 10.7 Å². The minimum atomic E-state index is -1.17. The summed E-state index contributed by atoms with van der Waals surface area (Å²) >= 11 is 5.85. The maximum atomic E-state index is 11.1. The molecule has 0 aliphatic heterocycles. The summed E-state index contributed by atoms with van der Waals surface area (Å²) in [6.07, 6.45) is -0.565. The van der Waals surface area contributed by atoms with Crippen LogP contribution >= 0.6 is 11.6 Å². The molecule has 2 N–H and O–H groups in total. The van der Waals surface area contributed by atoms with Crippen LogP contribution in [-0.2, 0) is 9.59 Å². The van der Waals surface area contributed by atoms with Crippen molar-refractivity contribution in [3.05, 3.63) is 28.8 Å². The van der Waals surface area contributed by atoms with E-state index < -0.39 is 18.3 Å². The zero-order chi connectivity index (χ0) is 11.4. The van der Waals surface area contributed by atoms with Crippen LogP contribution in [0.25, 0.3) is 0 Å². The van der Waals surface area contributed by atoms with Gasteiger partial charge in [-0.1, -0.05) is 17.7 Å². The van der Waals surface area contributed by atoms with E-state index in [9.17, 15) is 9.59 Å². The summed E-state index contributed by atoms with van der Waals surface area (Å²) in [7, 11) is 0. The Morgan fingerprint density at radius 2 is 2.13 bits per heavy atom. The van der Waals surface area contributed by atoms with Gasteiger partial charge in [-0.05, 0) is 24.6 Å². The lowest BCUT2D eigenvalue weighted by atomic mass is 10.2. The summed E-state index contributed by atoms with van der Waals surface area (Å²) in [6.45, 7) is 1.87. The minimum Gasteiger partial charge on any atom is -0.481 e. The molecule has 0 heterocycles. The Hall–Kier alpha value is -1.55. The molecule has 5 heteroatoms. The van der Waals surface area contributed by atoms with Crippen molar-refractivity contribution < 1.29 is 14.7 Å². The molecule has 0 fully saturated rings. The first-order chi connectivity index (χ1) is 6.99. The van der Waals surface area contributed by atoms with Gasteiger partial charge in [0.25, 0.3) is 0 Å². The zero-order valence-corrected chi connectivity index (χ0v) is 8.84. The van der Waals surface area contributed by atoms with Gasteiger partial charge in [0.15, 0.2) is 0 Å². The number of aryl methyl sites for hydroxylation is 1. The number of rotatable bonds is 3. The Kier molecular flexibility index (Phi) is 3.68. The Morgan fingerprint density at radius 1 is 1.47 bits per heavy atom. The van der Waals surface area contributed by atoms with Gasteiger partial charge < -0.3 is 10.4 Å². The standard InChI is InChI=1S/C10H10ClNO3/c1-6-2-3-8(7(11)4-6)12-9(13)5-10(14)15/h2-4H,5H2,1H3,(H,12,13)(H,14,15). The van der Waals surface area contributed by atoms with E-state index in [1.807, 2.05) is 6.92 Å². The Bertz CT molecular complexity index is 404. The Balaban J connectivity index is 2.72. The van der Waals surface area contributed by atoms with Crippen molar-refractivity contribution in [2.75, 3.05) is 5.32 Å². The van der Waals surface area contributed by atoms with Gasteiger partial charge in [-0.25, -0.2) is 0 Å². The average molecular weight is 228 g/mol. The minimum absolute atomic E-state index is 0.397. The molecule has 0 spiro atoms. The SMILES string of the molecule is Cc1ccc(NC(=O)CC(=O)O)c(Cl)c1. The maximum Gasteiger partial charge on any atom is 0.312 e. The highest BCUT2D eigenvalue weighted by Crippen LogP contribution is 2.22. The molecule has 0 aliphatic rings. The molecule has 1 aromatic carbocycles. The van der Waals surface area contributed by atoms with Crippen LogP contribution in [0.5, 0.6) is 0 Å². The van der Waals surface area contributed by atoms with Crippen molar-refractivity contribution >= 4 is 29.2 Å². The number of carbonyl (C=O) groups is 2. The first-order valence-corrected chi connectivity index (χ1v) is 4.64. The van der Waals surface area contributed by atoms with Gasteiger partial charge >= 0.3 is 5.97 Å². The number of nitrogens with one attached hydrogen (secondary N) is 1. The summed E-state index contributed by atoms with van der Waals surface area (Å²) in [5.74, 6) is -1.76. The highest BCUT2D eigenvalue weighted by atomic mass is 35.5. The van der Waals surface area contributed by atoms with Gasteiger partial charge in [-0.2, -0.15) is 0 Å². The van der Waals surface area contributed by atoms with Crippen molar-refractivity contribution in [2.45, 2.75) is 13.3 Å². The van der Waals surface area contributed by atoms with E-state index >= 15 is 0 Å². The molecule has 0 saturated carbocycles. The molecule has 1 amide bonds. The van der Waals surface area contributed by atoms with E-state index in [1.165, 1.54) is 0 Å². The van der Waals surface area contributed by atoms with Crippen LogP contribution < -0.4 is 5.32 Å². The fourth-order valence-electron chi connectivity index (χ4n) is 1.05. The lowest BCUT2D eigenvalue weighted by molar-refractivity contribution is -0.139. The van der Waals surface area contributed by atoms with Crippen LogP contribution in [0.15, 0.2) is 18.2 Å². The van der Waals surface area contributed by atoms with Crippen LogP contribution in [-0.4, -0.2) is 17.0 Å². The molecule has 0 aromatic heterocycles. The van der Waals surface area contributed by atoms with Gasteiger partial charge in [0, 0.05) is 0 Å². The van der Waals surface area contributed by atoms with Crippen LogP contribution in [0.2, 0.25) is 5.02 Å². The predicted octanol–water partition coefficient (Wildman–Crippen LogP) is 2.06. The molecule has 0 saturated heterocycles. The molecule has 0 unspecified atom stereocenters. The quantitative estimate of drug-likeness (QED) is 0.777. The molecule has 15 heavy (non-hydrogen) atoms. The normalized spacial score (nSPS) is 9.73. The van der Waals surface area contributed by atoms with E-state index in [2.05, 4.69) is 5.32 Å². The van der Waals surface area contributed by atoms with E-state index in [1.54, 1.807) is 18.2 Å². The lowest BCUT2D eigenvalue weighted by Crippen LogP contribution is -2.16. The first kappa shape index (κ1) is 11.5. The van der Waals surface area contributed by atoms with Gasteiger partial charge in [0.2, 0.25) is 5.91 Å².